The van der Waals surface area contributed by atoms with Gasteiger partial charge >= 0.3 is 23.9 Å². The van der Waals surface area contributed by atoms with Gasteiger partial charge in [0.2, 0.25) is 0 Å². The molecule has 214 valence electrons. The van der Waals surface area contributed by atoms with Crippen LogP contribution in [-0.2, 0) is 30.3 Å². The van der Waals surface area contributed by atoms with E-state index in [1.165, 1.54) is 12.1 Å². The maximum Gasteiger partial charge on any atom is 0.364 e. The summed E-state index contributed by atoms with van der Waals surface area (Å²) in [6, 6.07) is 4.23. The molecule has 0 aliphatic carbocycles. The number of rotatable bonds is 17. The Morgan fingerprint density at radius 3 is 1.87 bits per heavy atom. The van der Waals surface area contributed by atoms with Crippen LogP contribution >= 0.6 is 0 Å². The second-order valence-corrected chi connectivity index (χ2v) is 10.6. The summed E-state index contributed by atoms with van der Waals surface area (Å²) in [5.74, 6) is -2.25. The summed E-state index contributed by atoms with van der Waals surface area (Å²) in [5.41, 5.74) is -1.61. The lowest BCUT2D eigenvalue weighted by molar-refractivity contribution is -0.184. The summed E-state index contributed by atoms with van der Waals surface area (Å²) in [7, 11) is 0. The third-order valence-corrected chi connectivity index (χ3v) is 5.94. The number of aliphatic carboxylic acids is 1. The Bertz CT molecular complexity index is 943. The third kappa shape index (κ3) is 11.6. The molecule has 0 aromatic heterocycles. The summed E-state index contributed by atoms with van der Waals surface area (Å²) in [6.45, 7) is 13.5. The zero-order valence-corrected chi connectivity index (χ0v) is 23.9. The molecule has 0 heterocycles. The van der Waals surface area contributed by atoms with Crippen molar-refractivity contribution in [2.45, 2.75) is 112 Å². The Kier molecular flexibility index (Phi) is 14.0. The van der Waals surface area contributed by atoms with Gasteiger partial charge < -0.3 is 19.3 Å². The summed E-state index contributed by atoms with van der Waals surface area (Å²) in [4.78, 5) is 49.8. The second kappa shape index (κ2) is 16.1. The minimum atomic E-state index is -2.03. The van der Waals surface area contributed by atoms with Crippen molar-refractivity contribution in [2.75, 3.05) is 0 Å². The molecule has 0 fully saturated rings. The molecule has 0 saturated carbocycles. The SMILES string of the molecule is CCCC(=O)O[C@](Cc1ccc(OC(=O)CCC(C)C)c(OC(=O)CCC(C)C)c1)(NC(C)CC)C(=O)O. The molecule has 1 rings (SSSR count). The quantitative estimate of drug-likeness (QED) is 0.152. The lowest BCUT2D eigenvalue weighted by Crippen LogP contribution is -2.59. The number of carbonyl (C=O) groups excluding carboxylic acids is 3. The molecule has 0 aliphatic rings. The van der Waals surface area contributed by atoms with Crippen LogP contribution in [0.2, 0.25) is 0 Å². The van der Waals surface area contributed by atoms with Gasteiger partial charge in [-0.1, -0.05) is 47.6 Å². The Morgan fingerprint density at radius 2 is 1.39 bits per heavy atom. The average Bonchev–Trinajstić information content (AvgIpc) is 2.82. The van der Waals surface area contributed by atoms with Crippen molar-refractivity contribution < 1.29 is 38.5 Å². The first kappa shape index (κ1) is 33.1. The van der Waals surface area contributed by atoms with Crippen molar-refractivity contribution in [2.24, 2.45) is 11.8 Å². The van der Waals surface area contributed by atoms with E-state index in [2.05, 4.69) is 5.32 Å². The number of carboxylic acids is 1. The minimum absolute atomic E-state index is 0.0110. The highest BCUT2D eigenvalue weighted by Gasteiger charge is 2.44. The molecule has 38 heavy (non-hydrogen) atoms. The van der Waals surface area contributed by atoms with Crippen molar-refractivity contribution in [3.8, 4) is 11.5 Å². The van der Waals surface area contributed by atoms with Crippen LogP contribution in [0.5, 0.6) is 11.5 Å². The molecule has 1 aromatic carbocycles. The van der Waals surface area contributed by atoms with Crippen LogP contribution in [0.4, 0.5) is 0 Å². The van der Waals surface area contributed by atoms with Gasteiger partial charge in [-0.05, 0) is 62.1 Å². The molecule has 0 bridgehead atoms. The number of carboxylic acid groups (broad SMARTS) is 1. The van der Waals surface area contributed by atoms with Gasteiger partial charge in [0.05, 0.1) is 0 Å². The number of benzene rings is 1. The van der Waals surface area contributed by atoms with Crippen molar-refractivity contribution in [1.82, 2.24) is 5.32 Å². The number of hydrogen-bond acceptors (Lipinski definition) is 8. The van der Waals surface area contributed by atoms with Gasteiger partial charge in [0.15, 0.2) is 11.5 Å². The minimum Gasteiger partial charge on any atom is -0.477 e. The Morgan fingerprint density at radius 1 is 0.842 bits per heavy atom. The highest BCUT2D eigenvalue weighted by molar-refractivity contribution is 5.82. The highest BCUT2D eigenvalue weighted by Crippen LogP contribution is 2.32. The fraction of sp³-hybridized carbons (Fsp3) is 0.655. The molecule has 9 nitrogen and oxygen atoms in total. The first-order valence-electron chi connectivity index (χ1n) is 13.6. The maximum absolute atomic E-state index is 12.5. The van der Waals surface area contributed by atoms with Gasteiger partial charge in [0.25, 0.3) is 5.72 Å². The van der Waals surface area contributed by atoms with E-state index >= 15 is 0 Å². The lowest BCUT2D eigenvalue weighted by atomic mass is 10.00. The molecule has 0 saturated heterocycles. The van der Waals surface area contributed by atoms with E-state index in [1.807, 2.05) is 34.6 Å². The van der Waals surface area contributed by atoms with E-state index in [0.29, 0.717) is 43.1 Å². The molecule has 0 aliphatic heterocycles. The molecule has 9 heteroatoms. The Balaban J connectivity index is 3.39. The van der Waals surface area contributed by atoms with Gasteiger partial charge in [-0.2, -0.15) is 0 Å². The van der Waals surface area contributed by atoms with E-state index in [1.54, 1.807) is 19.9 Å². The number of ether oxygens (including phenoxy) is 3. The van der Waals surface area contributed by atoms with Crippen LogP contribution in [0.1, 0.15) is 99.0 Å². The van der Waals surface area contributed by atoms with Crippen molar-refractivity contribution in [1.29, 1.82) is 0 Å². The van der Waals surface area contributed by atoms with Gasteiger partial charge in [0, 0.05) is 31.7 Å². The molecule has 2 atom stereocenters. The molecular weight excluding hydrogens is 490 g/mol. The van der Waals surface area contributed by atoms with E-state index in [9.17, 15) is 24.3 Å². The number of carbonyl (C=O) groups is 4. The van der Waals surface area contributed by atoms with E-state index in [0.717, 1.165) is 0 Å². The Labute approximate surface area is 226 Å². The van der Waals surface area contributed by atoms with Crippen molar-refractivity contribution in [3.05, 3.63) is 23.8 Å². The predicted molar refractivity (Wildman–Crippen MR) is 144 cm³/mol. The number of hydrogen-bond donors (Lipinski definition) is 2. The van der Waals surface area contributed by atoms with E-state index in [-0.39, 0.29) is 43.2 Å². The second-order valence-electron chi connectivity index (χ2n) is 10.6. The van der Waals surface area contributed by atoms with Gasteiger partial charge in [-0.15, -0.1) is 0 Å². The first-order valence-corrected chi connectivity index (χ1v) is 13.6. The summed E-state index contributed by atoms with van der Waals surface area (Å²) >= 11 is 0. The van der Waals surface area contributed by atoms with Gasteiger partial charge in [0.1, 0.15) is 0 Å². The average molecular weight is 536 g/mol. The summed E-state index contributed by atoms with van der Waals surface area (Å²) in [6.07, 6.45) is 2.58. The predicted octanol–water partition coefficient (Wildman–Crippen LogP) is 5.42. The zero-order valence-electron chi connectivity index (χ0n) is 23.9. The number of esters is 3. The highest BCUT2D eigenvalue weighted by atomic mass is 16.6. The van der Waals surface area contributed by atoms with Crippen LogP contribution in [0.3, 0.4) is 0 Å². The Hall–Kier alpha value is -2.94. The monoisotopic (exact) mass is 535 g/mol. The normalized spacial score (nSPS) is 13.6. The lowest BCUT2D eigenvalue weighted by Gasteiger charge is -2.33. The maximum atomic E-state index is 12.5. The zero-order chi connectivity index (χ0) is 28.9. The van der Waals surface area contributed by atoms with E-state index < -0.39 is 29.6 Å². The molecule has 0 radical (unpaired) electrons. The standard InChI is InChI=1S/C29H45NO8/c1-8-10-27(33)38-29(28(34)35,30-21(7)9-2)18-22-13-14-23(36-25(31)15-11-19(3)4)24(17-22)37-26(32)16-12-20(5)6/h13-14,17,19-21,30H,8-12,15-16,18H2,1-7H3,(H,34,35)/t21?,29-/m0/s1. The molecule has 1 aromatic rings. The fourth-order valence-corrected chi connectivity index (χ4v) is 3.52. The van der Waals surface area contributed by atoms with Crippen LogP contribution in [-0.4, -0.2) is 40.8 Å². The van der Waals surface area contributed by atoms with Crippen LogP contribution in [0, 0.1) is 11.8 Å². The smallest absolute Gasteiger partial charge is 0.364 e. The fourth-order valence-electron chi connectivity index (χ4n) is 3.52. The molecular formula is C29H45NO8. The summed E-state index contributed by atoms with van der Waals surface area (Å²) < 4.78 is 16.6. The van der Waals surface area contributed by atoms with Crippen LogP contribution in [0.25, 0.3) is 0 Å². The molecule has 0 amide bonds. The van der Waals surface area contributed by atoms with Crippen LogP contribution in [0.15, 0.2) is 18.2 Å². The third-order valence-electron chi connectivity index (χ3n) is 5.94. The summed E-state index contributed by atoms with van der Waals surface area (Å²) in [5, 5.41) is 13.1. The molecule has 0 spiro atoms. The van der Waals surface area contributed by atoms with Gasteiger partial charge in [-0.3, -0.25) is 19.7 Å². The van der Waals surface area contributed by atoms with Gasteiger partial charge in [-0.25, -0.2) is 4.79 Å². The first-order chi connectivity index (χ1) is 17.8. The van der Waals surface area contributed by atoms with E-state index in [4.69, 9.17) is 14.2 Å². The largest absolute Gasteiger partial charge is 0.477 e. The molecule has 1 unspecified atom stereocenters. The topological polar surface area (TPSA) is 128 Å². The van der Waals surface area contributed by atoms with Crippen molar-refractivity contribution >= 4 is 23.9 Å². The van der Waals surface area contributed by atoms with Crippen molar-refractivity contribution in [3.63, 3.8) is 0 Å². The molecule has 2 N–H and O–H groups in total. The number of nitrogens with one attached hydrogen (secondary N) is 1. The van der Waals surface area contributed by atoms with Crippen LogP contribution < -0.4 is 14.8 Å².